The van der Waals surface area contributed by atoms with Crippen molar-refractivity contribution < 1.29 is 28.7 Å². The highest BCUT2D eigenvalue weighted by molar-refractivity contribution is 6.05. The molecule has 1 saturated heterocycles. The number of carbonyl (C=O) groups is 5. The Morgan fingerprint density at radius 1 is 1.17 bits per heavy atom. The van der Waals surface area contributed by atoms with Gasteiger partial charge >= 0.3 is 12.0 Å². The van der Waals surface area contributed by atoms with Crippen LogP contribution in [0.1, 0.15) is 39.9 Å². The molecule has 2 heterocycles. The van der Waals surface area contributed by atoms with Gasteiger partial charge in [0.05, 0.1) is 6.54 Å². The fourth-order valence-corrected chi connectivity index (χ4v) is 4.05. The van der Waals surface area contributed by atoms with Gasteiger partial charge < -0.3 is 26.0 Å². The summed E-state index contributed by atoms with van der Waals surface area (Å²) in [6, 6.07) is 9.01. The Balaban J connectivity index is 1.36. The summed E-state index contributed by atoms with van der Waals surface area (Å²) in [5.74, 6) is -1.32. The van der Waals surface area contributed by atoms with Gasteiger partial charge in [-0.1, -0.05) is 18.2 Å². The third-order valence-electron chi connectivity index (χ3n) is 5.88. The zero-order chi connectivity index (χ0) is 25.1. The first-order chi connectivity index (χ1) is 16.7. The maximum absolute atomic E-state index is 12.8. The number of fused-ring (bicyclic) bond motifs is 1. The van der Waals surface area contributed by atoms with Crippen LogP contribution in [0, 0.1) is 6.92 Å². The Hall–Kier alpha value is -4.25. The molecule has 182 valence electrons. The number of hydrogen-bond acceptors (Lipinski definition) is 7. The van der Waals surface area contributed by atoms with Crippen molar-refractivity contribution in [1.82, 2.24) is 15.5 Å². The number of rotatable bonds is 6. The lowest BCUT2D eigenvalue weighted by molar-refractivity contribution is -0.137. The van der Waals surface area contributed by atoms with Crippen LogP contribution in [0.25, 0.3) is 0 Å². The van der Waals surface area contributed by atoms with Crippen molar-refractivity contribution in [2.24, 2.45) is 5.73 Å². The molecule has 1 fully saturated rings. The van der Waals surface area contributed by atoms with Gasteiger partial charge in [0.1, 0.15) is 11.8 Å². The zero-order valence-electron chi connectivity index (χ0n) is 19.1. The number of nitrogens with one attached hydrogen (secondary N) is 3. The Kier molecular flexibility index (Phi) is 6.78. The third kappa shape index (κ3) is 5.30. The van der Waals surface area contributed by atoms with Gasteiger partial charge in [-0.15, -0.1) is 0 Å². The molecule has 0 spiro atoms. The molecule has 4 rings (SSSR count). The zero-order valence-corrected chi connectivity index (χ0v) is 19.1. The second-order valence-electron chi connectivity index (χ2n) is 8.36. The van der Waals surface area contributed by atoms with E-state index < -0.39 is 23.9 Å². The van der Waals surface area contributed by atoms with E-state index in [9.17, 15) is 24.0 Å². The van der Waals surface area contributed by atoms with E-state index in [2.05, 4.69) is 16.0 Å². The van der Waals surface area contributed by atoms with Gasteiger partial charge in [0.15, 0.2) is 0 Å². The number of ether oxygens (including phenoxy) is 1. The number of amides is 5. The molecule has 1 unspecified atom stereocenters. The highest BCUT2D eigenvalue weighted by atomic mass is 16.5. The van der Waals surface area contributed by atoms with Gasteiger partial charge in [0.25, 0.3) is 5.91 Å². The first-order valence-corrected chi connectivity index (χ1v) is 11.1. The average Bonchev–Trinajstić information content (AvgIpc) is 3.15. The summed E-state index contributed by atoms with van der Waals surface area (Å²) in [5, 5.41) is 7.71. The number of nitrogens with two attached hydrogens (primary N) is 1. The minimum absolute atomic E-state index is 0.193. The first-order valence-electron chi connectivity index (χ1n) is 11.1. The van der Waals surface area contributed by atoms with E-state index in [1.165, 1.54) is 11.0 Å². The van der Waals surface area contributed by atoms with Crippen molar-refractivity contribution in [3.8, 4) is 5.75 Å². The molecule has 2 aromatic carbocycles. The fourth-order valence-electron chi connectivity index (χ4n) is 4.05. The summed E-state index contributed by atoms with van der Waals surface area (Å²) in [5.41, 5.74) is 8.46. The van der Waals surface area contributed by atoms with E-state index in [0.29, 0.717) is 23.4 Å². The molecule has 0 bridgehead atoms. The van der Waals surface area contributed by atoms with Crippen LogP contribution >= 0.6 is 0 Å². The number of anilines is 1. The minimum Gasteiger partial charge on any atom is -0.425 e. The number of esters is 1. The molecular formula is C24H25N5O6. The number of hydrogen-bond donors (Lipinski definition) is 4. The summed E-state index contributed by atoms with van der Waals surface area (Å²) in [6.45, 7) is 1.97. The molecule has 2 aromatic rings. The molecule has 2 aliphatic heterocycles. The molecule has 5 N–H and O–H groups in total. The molecule has 0 radical (unpaired) electrons. The van der Waals surface area contributed by atoms with Gasteiger partial charge in [-0.25, -0.2) is 4.79 Å². The van der Waals surface area contributed by atoms with Crippen molar-refractivity contribution in [3.63, 3.8) is 0 Å². The second kappa shape index (κ2) is 9.94. The normalized spacial score (nSPS) is 17.0. The Morgan fingerprint density at radius 3 is 2.71 bits per heavy atom. The van der Waals surface area contributed by atoms with Gasteiger partial charge in [-0.05, 0) is 42.2 Å². The number of piperidine rings is 1. The maximum Gasteiger partial charge on any atom is 0.325 e. The molecule has 0 aromatic heterocycles. The lowest BCUT2D eigenvalue weighted by Crippen LogP contribution is -2.52. The number of urea groups is 1. The molecule has 5 amide bonds. The molecule has 0 saturated carbocycles. The van der Waals surface area contributed by atoms with Crippen molar-refractivity contribution in [2.45, 2.75) is 38.9 Å². The Bertz CT molecular complexity index is 1230. The van der Waals surface area contributed by atoms with Crippen LogP contribution in [-0.2, 0) is 27.5 Å². The highest BCUT2D eigenvalue weighted by Gasteiger charge is 2.39. The van der Waals surface area contributed by atoms with E-state index in [1.807, 2.05) is 6.07 Å². The van der Waals surface area contributed by atoms with Crippen LogP contribution in [-0.4, -0.2) is 47.2 Å². The van der Waals surface area contributed by atoms with Crippen LogP contribution in [0.5, 0.6) is 5.75 Å². The fraction of sp³-hybridized carbons (Fsp3) is 0.292. The van der Waals surface area contributed by atoms with E-state index in [1.54, 1.807) is 31.2 Å². The van der Waals surface area contributed by atoms with Crippen molar-refractivity contribution in [3.05, 3.63) is 58.7 Å². The monoisotopic (exact) mass is 479 g/mol. The molecule has 0 aliphatic carbocycles. The molecule has 11 nitrogen and oxygen atoms in total. The SMILES string of the molecule is Cc1ccc(NC(=O)NCc2ccc3c(c2)CN(C2CCC(=O)NC2=O)C3=O)cc1OC(=O)CN. The predicted octanol–water partition coefficient (Wildman–Crippen LogP) is 0.942. The summed E-state index contributed by atoms with van der Waals surface area (Å²) >= 11 is 0. The van der Waals surface area contributed by atoms with Crippen molar-refractivity contribution in [2.75, 3.05) is 11.9 Å². The second-order valence-corrected chi connectivity index (χ2v) is 8.36. The van der Waals surface area contributed by atoms with Gasteiger partial charge in [0.2, 0.25) is 11.8 Å². The highest BCUT2D eigenvalue weighted by Crippen LogP contribution is 2.28. The lowest BCUT2D eigenvalue weighted by atomic mass is 10.0. The van der Waals surface area contributed by atoms with Crippen LogP contribution < -0.4 is 26.4 Å². The van der Waals surface area contributed by atoms with Gasteiger partial charge in [0, 0.05) is 36.8 Å². The summed E-state index contributed by atoms with van der Waals surface area (Å²) in [6.07, 6.45) is 0.490. The number of aryl methyl sites for hydroxylation is 1. The van der Waals surface area contributed by atoms with Gasteiger partial charge in [-0.2, -0.15) is 0 Å². The van der Waals surface area contributed by atoms with E-state index in [0.717, 1.165) is 16.7 Å². The van der Waals surface area contributed by atoms with Crippen LogP contribution in [0.4, 0.5) is 10.5 Å². The van der Waals surface area contributed by atoms with E-state index in [4.69, 9.17) is 10.5 Å². The number of benzene rings is 2. The van der Waals surface area contributed by atoms with Crippen LogP contribution in [0.3, 0.4) is 0 Å². The molecule has 2 aliphatic rings. The van der Waals surface area contributed by atoms with Crippen molar-refractivity contribution in [1.29, 1.82) is 0 Å². The maximum atomic E-state index is 12.8. The average molecular weight is 479 g/mol. The lowest BCUT2D eigenvalue weighted by Gasteiger charge is -2.29. The number of carbonyl (C=O) groups excluding carboxylic acids is 5. The Labute approximate surface area is 201 Å². The largest absolute Gasteiger partial charge is 0.425 e. The summed E-state index contributed by atoms with van der Waals surface area (Å²) in [7, 11) is 0. The van der Waals surface area contributed by atoms with Gasteiger partial charge in [-0.3, -0.25) is 24.5 Å². The van der Waals surface area contributed by atoms with Crippen molar-refractivity contribution >= 4 is 35.4 Å². The Morgan fingerprint density at radius 2 is 1.97 bits per heavy atom. The third-order valence-corrected chi connectivity index (χ3v) is 5.88. The van der Waals surface area contributed by atoms with E-state index in [-0.39, 0.29) is 37.9 Å². The smallest absolute Gasteiger partial charge is 0.325 e. The predicted molar refractivity (Wildman–Crippen MR) is 124 cm³/mol. The van der Waals surface area contributed by atoms with E-state index >= 15 is 0 Å². The molecule has 1 atom stereocenters. The molecular weight excluding hydrogens is 454 g/mol. The standard InChI is InChI=1S/C24H25N5O6/c1-13-2-4-16(9-19(13)35-21(31)10-25)27-24(34)26-11-14-3-5-17-15(8-14)12-29(23(17)33)18-6-7-20(30)28-22(18)32/h2-5,8-9,18H,6-7,10-12,25H2,1H3,(H2,26,27,34)(H,28,30,32). The quantitative estimate of drug-likeness (QED) is 0.272. The summed E-state index contributed by atoms with van der Waals surface area (Å²) < 4.78 is 5.15. The van der Waals surface area contributed by atoms with Crippen LogP contribution in [0.15, 0.2) is 36.4 Å². The summed E-state index contributed by atoms with van der Waals surface area (Å²) in [4.78, 5) is 61.7. The number of imide groups is 1. The molecule has 35 heavy (non-hydrogen) atoms. The van der Waals surface area contributed by atoms with Crippen LogP contribution in [0.2, 0.25) is 0 Å². The minimum atomic E-state index is -0.677. The first kappa shape index (κ1) is 23.9. The topological polar surface area (TPSA) is 160 Å². The molecule has 11 heteroatoms. The number of nitrogens with zero attached hydrogens (tertiary/aromatic N) is 1.